The number of methoxy groups -OCH3 is 2. The number of aromatic amines is 2. The first kappa shape index (κ1) is 16.7. The Morgan fingerprint density at radius 2 is 1.44 bits per heavy atom. The van der Waals surface area contributed by atoms with E-state index >= 15 is 0 Å². The van der Waals surface area contributed by atoms with Gasteiger partial charge in [0.25, 0.3) is 5.56 Å². The topological polar surface area (TPSA) is 89.1 Å². The van der Waals surface area contributed by atoms with Crippen LogP contribution in [0.4, 0.5) is 0 Å². The number of rotatable bonds is 4. The van der Waals surface area contributed by atoms with Crippen molar-refractivity contribution in [3.05, 3.63) is 75.2 Å². The molecule has 0 aliphatic heterocycles. The summed E-state index contributed by atoms with van der Waals surface area (Å²) < 4.78 is 11.6. The number of nitrogens with one attached hydrogen (secondary N) is 2. The molecular weight excluding hydrogens is 346 g/mol. The fourth-order valence-corrected chi connectivity index (χ4v) is 2.97. The van der Waals surface area contributed by atoms with Crippen molar-refractivity contribution < 1.29 is 9.47 Å². The van der Waals surface area contributed by atoms with Crippen molar-refractivity contribution in [2.24, 2.45) is 0 Å². The Morgan fingerprint density at radius 1 is 0.852 bits per heavy atom. The fraction of sp³-hybridized carbons (Fsp3) is 0.100. The number of aromatic nitrogens is 3. The van der Waals surface area contributed by atoms with E-state index in [4.69, 9.17) is 9.47 Å². The van der Waals surface area contributed by atoms with E-state index < -0.39 is 5.56 Å². The van der Waals surface area contributed by atoms with Crippen LogP contribution in [-0.2, 0) is 0 Å². The summed E-state index contributed by atoms with van der Waals surface area (Å²) in [4.78, 5) is 28.4. The molecule has 0 spiro atoms. The van der Waals surface area contributed by atoms with Gasteiger partial charge < -0.3 is 14.5 Å². The molecule has 0 amide bonds. The predicted octanol–water partition coefficient (Wildman–Crippen LogP) is 2.69. The van der Waals surface area contributed by atoms with Gasteiger partial charge in [0.1, 0.15) is 22.5 Å². The first-order chi connectivity index (χ1) is 13.1. The van der Waals surface area contributed by atoms with Crippen LogP contribution in [0.2, 0.25) is 0 Å². The van der Waals surface area contributed by atoms with Crippen LogP contribution in [-0.4, -0.2) is 29.0 Å². The Kier molecular flexibility index (Phi) is 4.04. The minimum absolute atomic E-state index is 0.0862. The first-order valence-electron chi connectivity index (χ1n) is 8.27. The Labute approximate surface area is 153 Å². The van der Waals surface area contributed by atoms with E-state index in [1.807, 2.05) is 24.3 Å². The van der Waals surface area contributed by atoms with Crippen molar-refractivity contribution in [1.29, 1.82) is 0 Å². The number of nitrogens with zero attached hydrogens (tertiary/aromatic N) is 1. The number of pyridine rings is 1. The van der Waals surface area contributed by atoms with Gasteiger partial charge in [-0.05, 0) is 54.1 Å². The highest BCUT2D eigenvalue weighted by Gasteiger charge is 2.14. The molecule has 2 aromatic carbocycles. The molecule has 0 saturated carbocycles. The molecule has 7 heteroatoms. The first-order valence-corrected chi connectivity index (χ1v) is 8.27. The minimum Gasteiger partial charge on any atom is -0.497 e. The molecular formula is C20H17N3O4. The van der Waals surface area contributed by atoms with Crippen molar-refractivity contribution in [3.8, 4) is 28.4 Å². The highest BCUT2D eigenvalue weighted by molar-refractivity contribution is 5.78. The standard InChI is InChI=1S/C20H17N3O4/c1-26-14-7-3-12(4-8-14)16-11-17(24)18-19(21-16)22-23(20(18)25)13-5-9-15(27-2)10-6-13/h3-11H,1-2H3,(H2,21,22,24). The summed E-state index contributed by atoms with van der Waals surface area (Å²) in [5, 5.41) is 3.06. The van der Waals surface area contributed by atoms with Gasteiger partial charge in [0.05, 0.1) is 25.6 Å². The van der Waals surface area contributed by atoms with Crippen LogP contribution in [0.1, 0.15) is 0 Å². The molecule has 2 N–H and O–H groups in total. The van der Waals surface area contributed by atoms with Crippen molar-refractivity contribution in [3.63, 3.8) is 0 Å². The Hall–Kier alpha value is -3.74. The van der Waals surface area contributed by atoms with Crippen molar-refractivity contribution in [2.45, 2.75) is 0 Å². The Balaban J connectivity index is 1.85. The van der Waals surface area contributed by atoms with Crippen LogP contribution in [0.15, 0.2) is 64.2 Å². The maximum Gasteiger partial charge on any atom is 0.284 e. The maximum atomic E-state index is 12.7. The highest BCUT2D eigenvalue weighted by Crippen LogP contribution is 2.21. The maximum absolute atomic E-state index is 12.7. The normalized spacial score (nSPS) is 10.9. The van der Waals surface area contributed by atoms with E-state index in [-0.39, 0.29) is 10.8 Å². The zero-order valence-corrected chi connectivity index (χ0v) is 14.8. The van der Waals surface area contributed by atoms with Gasteiger partial charge in [-0.2, -0.15) is 0 Å². The van der Waals surface area contributed by atoms with Gasteiger partial charge in [-0.25, -0.2) is 4.68 Å². The molecule has 0 atom stereocenters. The molecule has 2 heterocycles. The van der Waals surface area contributed by atoms with Gasteiger partial charge in [-0.3, -0.25) is 14.7 Å². The van der Waals surface area contributed by atoms with E-state index in [1.54, 1.807) is 38.5 Å². The number of hydrogen-bond acceptors (Lipinski definition) is 4. The summed E-state index contributed by atoms with van der Waals surface area (Å²) in [5.41, 5.74) is 1.65. The minimum atomic E-state index is -0.405. The van der Waals surface area contributed by atoms with Crippen LogP contribution in [0.5, 0.6) is 11.5 Å². The lowest BCUT2D eigenvalue weighted by Gasteiger charge is -2.04. The monoisotopic (exact) mass is 363 g/mol. The summed E-state index contributed by atoms with van der Waals surface area (Å²) in [6, 6.07) is 15.7. The summed E-state index contributed by atoms with van der Waals surface area (Å²) in [5.74, 6) is 1.40. The Bertz CT molecular complexity index is 1220. The highest BCUT2D eigenvalue weighted by atomic mass is 16.5. The summed E-state index contributed by atoms with van der Waals surface area (Å²) in [6.45, 7) is 0. The van der Waals surface area contributed by atoms with Crippen molar-refractivity contribution in [1.82, 2.24) is 14.8 Å². The van der Waals surface area contributed by atoms with Crippen molar-refractivity contribution in [2.75, 3.05) is 14.2 Å². The lowest BCUT2D eigenvalue weighted by Crippen LogP contribution is -2.18. The third-order valence-electron chi connectivity index (χ3n) is 4.40. The molecule has 0 aliphatic rings. The summed E-state index contributed by atoms with van der Waals surface area (Å²) >= 11 is 0. The van der Waals surface area contributed by atoms with Crippen LogP contribution in [0.3, 0.4) is 0 Å². The average Bonchev–Trinajstić information content (AvgIpc) is 3.05. The second-order valence-electron chi connectivity index (χ2n) is 5.98. The lowest BCUT2D eigenvalue weighted by molar-refractivity contribution is 0.414. The number of fused-ring (bicyclic) bond motifs is 1. The molecule has 27 heavy (non-hydrogen) atoms. The van der Waals surface area contributed by atoms with E-state index in [2.05, 4.69) is 10.1 Å². The van der Waals surface area contributed by atoms with E-state index in [0.29, 0.717) is 22.8 Å². The van der Waals surface area contributed by atoms with Gasteiger partial charge in [0, 0.05) is 6.07 Å². The van der Waals surface area contributed by atoms with E-state index in [1.165, 1.54) is 10.7 Å². The van der Waals surface area contributed by atoms with Gasteiger partial charge in [-0.1, -0.05) is 0 Å². The smallest absolute Gasteiger partial charge is 0.284 e. The second-order valence-corrected chi connectivity index (χ2v) is 5.98. The summed E-state index contributed by atoms with van der Waals surface area (Å²) in [7, 11) is 3.17. The molecule has 0 aliphatic carbocycles. The van der Waals surface area contributed by atoms with Crippen molar-refractivity contribution >= 4 is 11.0 Å². The molecule has 2 aromatic heterocycles. The average molecular weight is 363 g/mol. The predicted molar refractivity (Wildman–Crippen MR) is 103 cm³/mol. The number of H-pyrrole nitrogens is 2. The van der Waals surface area contributed by atoms with Gasteiger partial charge >= 0.3 is 0 Å². The molecule has 4 aromatic rings. The molecule has 0 saturated heterocycles. The van der Waals surface area contributed by atoms with Gasteiger partial charge in [0.15, 0.2) is 5.43 Å². The second kappa shape index (κ2) is 6.53. The molecule has 136 valence electrons. The van der Waals surface area contributed by atoms with Crippen LogP contribution < -0.4 is 20.5 Å². The third kappa shape index (κ3) is 2.89. The van der Waals surface area contributed by atoms with E-state index in [0.717, 1.165) is 11.3 Å². The number of benzene rings is 2. The zero-order valence-electron chi connectivity index (χ0n) is 14.8. The molecule has 0 radical (unpaired) electrons. The summed E-state index contributed by atoms with van der Waals surface area (Å²) in [6.07, 6.45) is 0. The largest absolute Gasteiger partial charge is 0.497 e. The number of ether oxygens (including phenoxy) is 2. The van der Waals surface area contributed by atoms with Gasteiger partial charge in [0.2, 0.25) is 0 Å². The molecule has 0 bridgehead atoms. The molecule has 0 unspecified atom stereocenters. The third-order valence-corrected chi connectivity index (χ3v) is 4.40. The molecule has 4 rings (SSSR count). The quantitative estimate of drug-likeness (QED) is 0.583. The van der Waals surface area contributed by atoms with Gasteiger partial charge in [-0.15, -0.1) is 0 Å². The van der Waals surface area contributed by atoms with Crippen LogP contribution >= 0.6 is 0 Å². The Morgan fingerprint density at radius 3 is 2.04 bits per heavy atom. The van der Waals surface area contributed by atoms with Crippen LogP contribution in [0.25, 0.3) is 28.0 Å². The van der Waals surface area contributed by atoms with E-state index in [9.17, 15) is 9.59 Å². The zero-order chi connectivity index (χ0) is 19.0. The SMILES string of the molecule is COc1ccc(-c2cc(=O)c3c(=O)n(-c4ccc(OC)cc4)[nH]c3[nH]2)cc1. The lowest BCUT2D eigenvalue weighted by atomic mass is 10.1. The van der Waals surface area contributed by atoms with Crippen LogP contribution in [0, 0.1) is 0 Å². The number of hydrogen-bond donors (Lipinski definition) is 2. The molecule has 0 fully saturated rings. The fourth-order valence-electron chi connectivity index (χ4n) is 2.97. The molecule has 7 nitrogen and oxygen atoms in total.